The summed E-state index contributed by atoms with van der Waals surface area (Å²) in [6, 6.07) is 12.6. The van der Waals surface area contributed by atoms with Crippen molar-refractivity contribution in [3.63, 3.8) is 0 Å². The zero-order valence-electron chi connectivity index (χ0n) is 17.0. The molecule has 2 aromatic carbocycles. The number of methoxy groups -OCH3 is 2. The van der Waals surface area contributed by atoms with Crippen LogP contribution in [0.2, 0.25) is 0 Å². The van der Waals surface area contributed by atoms with Gasteiger partial charge in [-0.15, -0.1) is 0 Å². The minimum atomic E-state index is -0.537. The van der Waals surface area contributed by atoms with Crippen LogP contribution in [-0.2, 0) is 21.6 Å². The van der Waals surface area contributed by atoms with Gasteiger partial charge in [0.05, 0.1) is 14.2 Å². The Bertz CT molecular complexity index is 822. The molecule has 0 aliphatic carbocycles. The molecule has 0 saturated carbocycles. The maximum Gasteiger partial charge on any atom is 0.325 e. The van der Waals surface area contributed by atoms with Gasteiger partial charge in [0.15, 0.2) is 0 Å². The third-order valence-electron chi connectivity index (χ3n) is 4.28. The molecule has 0 heterocycles. The van der Waals surface area contributed by atoms with Gasteiger partial charge in [-0.25, -0.2) is 0 Å². The van der Waals surface area contributed by atoms with Gasteiger partial charge in [-0.05, 0) is 41.3 Å². The molecule has 0 unspecified atom stereocenters. The monoisotopic (exact) mass is 385 g/mol. The summed E-state index contributed by atoms with van der Waals surface area (Å²) in [6.45, 7) is 6.13. The molecule has 0 aromatic heterocycles. The van der Waals surface area contributed by atoms with Crippen molar-refractivity contribution in [3.8, 4) is 11.5 Å². The van der Waals surface area contributed by atoms with Crippen LogP contribution < -0.4 is 14.8 Å². The molecule has 6 heteroatoms. The molecule has 2 aromatic rings. The summed E-state index contributed by atoms with van der Waals surface area (Å²) in [6.07, 6.45) is 0. The van der Waals surface area contributed by atoms with E-state index in [-0.39, 0.29) is 24.5 Å². The Morgan fingerprint density at radius 2 is 1.64 bits per heavy atom. The van der Waals surface area contributed by atoms with Gasteiger partial charge in [-0.2, -0.15) is 0 Å². The Morgan fingerprint density at radius 1 is 0.964 bits per heavy atom. The highest BCUT2D eigenvalue weighted by molar-refractivity contribution is 5.95. The summed E-state index contributed by atoms with van der Waals surface area (Å²) in [5.74, 6) is 0.372. The van der Waals surface area contributed by atoms with Crippen LogP contribution in [0.5, 0.6) is 11.5 Å². The van der Waals surface area contributed by atoms with Gasteiger partial charge in [0.25, 0.3) is 5.91 Å². The molecule has 6 nitrogen and oxygen atoms in total. The second-order valence-corrected chi connectivity index (χ2v) is 7.35. The van der Waals surface area contributed by atoms with Crippen LogP contribution in [0.25, 0.3) is 0 Å². The molecule has 0 spiro atoms. The van der Waals surface area contributed by atoms with Gasteiger partial charge >= 0.3 is 5.97 Å². The molecule has 0 aliphatic rings. The summed E-state index contributed by atoms with van der Waals surface area (Å²) < 4.78 is 15.6. The Kier molecular flexibility index (Phi) is 7.04. The van der Waals surface area contributed by atoms with Gasteiger partial charge in [0, 0.05) is 11.1 Å². The summed E-state index contributed by atoms with van der Waals surface area (Å²) in [5.41, 5.74) is 2.32. The smallest absolute Gasteiger partial charge is 0.325 e. The predicted molar refractivity (Wildman–Crippen MR) is 107 cm³/mol. The molecule has 0 bridgehead atoms. The van der Waals surface area contributed by atoms with Crippen molar-refractivity contribution < 1.29 is 23.8 Å². The minimum absolute atomic E-state index is 0.0139. The van der Waals surface area contributed by atoms with E-state index in [1.54, 1.807) is 37.4 Å². The molecular weight excluding hydrogens is 358 g/mol. The molecule has 150 valence electrons. The second-order valence-electron chi connectivity index (χ2n) is 7.35. The minimum Gasteiger partial charge on any atom is -0.497 e. The van der Waals surface area contributed by atoms with Crippen LogP contribution in [-0.4, -0.2) is 32.6 Å². The van der Waals surface area contributed by atoms with E-state index >= 15 is 0 Å². The largest absolute Gasteiger partial charge is 0.497 e. The van der Waals surface area contributed by atoms with E-state index in [1.165, 1.54) is 7.11 Å². The Hall–Kier alpha value is -3.02. The quantitative estimate of drug-likeness (QED) is 0.739. The number of amides is 1. The Balaban J connectivity index is 1.88. The highest BCUT2D eigenvalue weighted by Gasteiger charge is 2.15. The first-order valence-corrected chi connectivity index (χ1v) is 9.00. The third-order valence-corrected chi connectivity index (χ3v) is 4.28. The number of hydrogen-bond acceptors (Lipinski definition) is 5. The topological polar surface area (TPSA) is 73.9 Å². The van der Waals surface area contributed by atoms with Crippen molar-refractivity contribution in [3.05, 3.63) is 59.2 Å². The zero-order valence-corrected chi connectivity index (χ0v) is 17.0. The SMILES string of the molecule is COc1ccc(OC)c(COC(=O)CNC(=O)c2ccc(C(C)(C)C)cc2)c1. The van der Waals surface area contributed by atoms with E-state index in [4.69, 9.17) is 14.2 Å². The van der Waals surface area contributed by atoms with E-state index < -0.39 is 5.97 Å². The van der Waals surface area contributed by atoms with Crippen molar-refractivity contribution in [2.24, 2.45) is 0 Å². The lowest BCUT2D eigenvalue weighted by Gasteiger charge is -2.19. The van der Waals surface area contributed by atoms with Crippen LogP contribution in [0.1, 0.15) is 42.3 Å². The molecule has 0 fully saturated rings. The van der Waals surface area contributed by atoms with E-state index in [9.17, 15) is 9.59 Å². The standard InChI is InChI=1S/C22H27NO5/c1-22(2,3)17-8-6-15(7-9-17)21(25)23-13-20(24)28-14-16-12-18(26-4)10-11-19(16)27-5/h6-12H,13-14H2,1-5H3,(H,23,25). The predicted octanol–water partition coefficient (Wildman–Crippen LogP) is 3.47. The van der Waals surface area contributed by atoms with Crippen LogP contribution >= 0.6 is 0 Å². The molecule has 2 rings (SSSR count). The van der Waals surface area contributed by atoms with Gasteiger partial charge in [0.2, 0.25) is 0 Å². The fraction of sp³-hybridized carbons (Fsp3) is 0.364. The zero-order chi connectivity index (χ0) is 20.7. The third kappa shape index (κ3) is 5.74. The summed E-state index contributed by atoms with van der Waals surface area (Å²) >= 11 is 0. The van der Waals surface area contributed by atoms with Gasteiger partial charge in [-0.1, -0.05) is 32.9 Å². The van der Waals surface area contributed by atoms with E-state index in [0.717, 1.165) is 5.56 Å². The van der Waals surface area contributed by atoms with Gasteiger partial charge in [-0.3, -0.25) is 9.59 Å². The Morgan fingerprint density at radius 3 is 2.21 bits per heavy atom. The average molecular weight is 385 g/mol. The highest BCUT2D eigenvalue weighted by atomic mass is 16.5. The number of carbonyl (C=O) groups excluding carboxylic acids is 2. The number of ether oxygens (including phenoxy) is 3. The van der Waals surface area contributed by atoms with Gasteiger partial charge in [0.1, 0.15) is 24.7 Å². The summed E-state index contributed by atoms with van der Waals surface area (Å²) in [7, 11) is 3.10. The van der Waals surface area contributed by atoms with Crippen molar-refractivity contribution in [1.82, 2.24) is 5.32 Å². The van der Waals surface area contributed by atoms with Gasteiger partial charge < -0.3 is 19.5 Å². The molecule has 0 radical (unpaired) electrons. The maximum absolute atomic E-state index is 12.2. The maximum atomic E-state index is 12.2. The van der Waals surface area contributed by atoms with E-state index in [0.29, 0.717) is 22.6 Å². The van der Waals surface area contributed by atoms with E-state index in [1.807, 2.05) is 12.1 Å². The first kappa shape index (κ1) is 21.3. The van der Waals surface area contributed by atoms with Crippen molar-refractivity contribution in [2.75, 3.05) is 20.8 Å². The number of benzene rings is 2. The molecule has 1 amide bonds. The number of rotatable bonds is 7. The van der Waals surface area contributed by atoms with Crippen molar-refractivity contribution in [1.29, 1.82) is 0 Å². The Labute approximate surface area is 165 Å². The van der Waals surface area contributed by atoms with Crippen LogP contribution in [0.3, 0.4) is 0 Å². The number of hydrogen-bond donors (Lipinski definition) is 1. The van der Waals surface area contributed by atoms with Crippen molar-refractivity contribution >= 4 is 11.9 Å². The molecule has 0 aliphatic heterocycles. The second kappa shape index (κ2) is 9.26. The van der Waals surface area contributed by atoms with Crippen molar-refractivity contribution in [2.45, 2.75) is 32.8 Å². The molecule has 0 atom stereocenters. The fourth-order valence-electron chi connectivity index (χ4n) is 2.58. The first-order chi connectivity index (χ1) is 13.2. The van der Waals surface area contributed by atoms with E-state index in [2.05, 4.69) is 26.1 Å². The highest BCUT2D eigenvalue weighted by Crippen LogP contribution is 2.24. The molecule has 0 saturated heterocycles. The normalized spacial score (nSPS) is 10.9. The lowest BCUT2D eigenvalue weighted by atomic mass is 9.87. The fourth-order valence-corrected chi connectivity index (χ4v) is 2.58. The van der Waals surface area contributed by atoms with Crippen LogP contribution in [0.4, 0.5) is 0 Å². The first-order valence-electron chi connectivity index (χ1n) is 9.00. The summed E-state index contributed by atoms with van der Waals surface area (Å²) in [4.78, 5) is 24.2. The summed E-state index contributed by atoms with van der Waals surface area (Å²) in [5, 5.41) is 2.57. The lowest BCUT2D eigenvalue weighted by molar-refractivity contribution is -0.143. The molecule has 1 N–H and O–H groups in total. The number of nitrogens with one attached hydrogen (secondary N) is 1. The van der Waals surface area contributed by atoms with Crippen LogP contribution in [0, 0.1) is 0 Å². The molecular formula is C22H27NO5. The average Bonchev–Trinajstić information content (AvgIpc) is 2.69. The van der Waals surface area contributed by atoms with Crippen LogP contribution in [0.15, 0.2) is 42.5 Å². The number of carbonyl (C=O) groups is 2. The number of esters is 1. The lowest BCUT2D eigenvalue weighted by Crippen LogP contribution is -2.30. The molecule has 28 heavy (non-hydrogen) atoms.